The number of thiazole rings is 1. The van der Waals surface area contributed by atoms with Crippen molar-refractivity contribution in [2.24, 2.45) is 0 Å². The van der Waals surface area contributed by atoms with Crippen molar-refractivity contribution in [3.63, 3.8) is 0 Å². The van der Waals surface area contributed by atoms with E-state index >= 15 is 0 Å². The van der Waals surface area contributed by atoms with Gasteiger partial charge < -0.3 is 9.15 Å². The second kappa shape index (κ2) is 8.97. The van der Waals surface area contributed by atoms with Gasteiger partial charge in [-0.05, 0) is 36.4 Å². The van der Waals surface area contributed by atoms with Gasteiger partial charge >= 0.3 is 5.97 Å². The average Bonchev–Trinajstić information content (AvgIpc) is 3.39. The quantitative estimate of drug-likeness (QED) is 0.360. The molecule has 160 valence electrons. The Labute approximate surface area is 191 Å². The summed E-state index contributed by atoms with van der Waals surface area (Å²) in [7, 11) is -4.04. The maximum absolute atomic E-state index is 12.7. The molecule has 0 atom stereocenters. The number of furan rings is 1. The monoisotopic (exact) mass is 496 g/mol. The molecule has 2 aromatic heterocycles. The lowest BCUT2D eigenvalue weighted by Gasteiger charge is -2.11. The molecular formula is C20H14Cl2N2O5S2. The Kier molecular flexibility index (Phi) is 6.31. The summed E-state index contributed by atoms with van der Waals surface area (Å²) >= 11 is 13.6. The summed E-state index contributed by atoms with van der Waals surface area (Å²) in [5, 5.41) is 0.455. The van der Waals surface area contributed by atoms with E-state index in [0.29, 0.717) is 10.8 Å². The van der Waals surface area contributed by atoms with Gasteiger partial charge in [0.15, 0.2) is 0 Å². The van der Waals surface area contributed by atoms with Crippen LogP contribution in [0.3, 0.4) is 0 Å². The number of nitrogens with zero attached hydrogens (tertiary/aromatic N) is 1. The van der Waals surface area contributed by atoms with E-state index in [1.54, 1.807) is 12.1 Å². The van der Waals surface area contributed by atoms with Crippen molar-refractivity contribution in [3.05, 3.63) is 81.2 Å². The van der Waals surface area contributed by atoms with Crippen LogP contribution in [0.15, 0.2) is 64.1 Å². The van der Waals surface area contributed by atoms with Crippen LogP contribution in [0.1, 0.15) is 21.1 Å². The Balaban J connectivity index is 1.52. The maximum Gasteiger partial charge on any atom is 0.340 e. The van der Waals surface area contributed by atoms with Crippen LogP contribution in [0, 0.1) is 0 Å². The fraction of sp³-hybridized carbons (Fsp3) is 0.100. The third kappa shape index (κ3) is 4.91. The van der Waals surface area contributed by atoms with Crippen molar-refractivity contribution in [3.8, 4) is 0 Å². The molecule has 0 saturated carbocycles. The van der Waals surface area contributed by atoms with Crippen molar-refractivity contribution >= 4 is 60.7 Å². The van der Waals surface area contributed by atoms with E-state index in [9.17, 15) is 13.2 Å². The highest BCUT2D eigenvalue weighted by atomic mass is 35.5. The van der Waals surface area contributed by atoms with Gasteiger partial charge in [0.05, 0.1) is 38.6 Å². The first-order valence-corrected chi connectivity index (χ1v) is 11.9. The Morgan fingerprint density at radius 2 is 1.94 bits per heavy atom. The van der Waals surface area contributed by atoms with Crippen LogP contribution in [-0.2, 0) is 27.9 Å². The largest absolute Gasteiger partial charge is 0.468 e. The Morgan fingerprint density at radius 1 is 1.13 bits per heavy atom. The zero-order chi connectivity index (χ0) is 22.0. The second-order valence-corrected chi connectivity index (χ2v) is 9.98. The van der Waals surface area contributed by atoms with E-state index in [2.05, 4.69) is 9.71 Å². The van der Waals surface area contributed by atoms with E-state index < -0.39 is 16.0 Å². The highest BCUT2D eigenvalue weighted by Crippen LogP contribution is 2.30. The number of benzene rings is 2. The first-order chi connectivity index (χ1) is 14.8. The number of halogens is 2. The molecule has 0 aliphatic carbocycles. The molecule has 31 heavy (non-hydrogen) atoms. The lowest BCUT2D eigenvalue weighted by atomic mass is 10.2. The van der Waals surface area contributed by atoms with Crippen LogP contribution in [-0.4, -0.2) is 19.4 Å². The minimum absolute atomic E-state index is 0.0238. The smallest absolute Gasteiger partial charge is 0.340 e. The first-order valence-electron chi connectivity index (χ1n) is 8.86. The molecular weight excluding hydrogens is 483 g/mol. The molecule has 7 nitrogen and oxygen atoms in total. The number of sulfonamides is 1. The van der Waals surface area contributed by atoms with E-state index in [-0.39, 0.29) is 33.7 Å². The van der Waals surface area contributed by atoms with E-state index in [1.165, 1.54) is 23.7 Å². The van der Waals surface area contributed by atoms with Gasteiger partial charge in [-0.15, -0.1) is 11.3 Å². The van der Waals surface area contributed by atoms with Gasteiger partial charge in [-0.3, -0.25) is 0 Å². The molecule has 2 aromatic carbocycles. The maximum atomic E-state index is 12.7. The van der Waals surface area contributed by atoms with Crippen LogP contribution in [0.2, 0.25) is 10.0 Å². The lowest BCUT2D eigenvalue weighted by Crippen LogP contribution is -2.24. The first kappa shape index (κ1) is 21.8. The molecule has 11 heteroatoms. The predicted octanol–water partition coefficient (Wildman–Crippen LogP) is 5.03. The number of nitrogens with one attached hydrogen (secondary N) is 1. The molecule has 0 aliphatic rings. The number of fused-ring (bicyclic) bond motifs is 1. The van der Waals surface area contributed by atoms with Gasteiger partial charge in [0, 0.05) is 0 Å². The van der Waals surface area contributed by atoms with Gasteiger partial charge in [0.1, 0.15) is 22.3 Å². The highest BCUT2D eigenvalue weighted by molar-refractivity contribution is 7.89. The molecule has 4 aromatic rings. The van der Waals surface area contributed by atoms with Crippen molar-refractivity contribution in [1.82, 2.24) is 9.71 Å². The van der Waals surface area contributed by atoms with Crippen molar-refractivity contribution in [2.45, 2.75) is 18.0 Å². The SMILES string of the molecule is O=C(OCc1nc2ccccc2s1)c1cc(S(=O)(=O)NCc2ccco2)c(Cl)cc1Cl. The predicted molar refractivity (Wildman–Crippen MR) is 118 cm³/mol. The molecule has 0 bridgehead atoms. The number of esters is 1. The summed E-state index contributed by atoms with van der Waals surface area (Å²) in [4.78, 5) is 16.7. The fourth-order valence-electron chi connectivity index (χ4n) is 2.74. The normalized spacial score (nSPS) is 11.7. The third-order valence-corrected chi connectivity index (χ3v) is 7.40. The van der Waals surface area contributed by atoms with Crippen LogP contribution in [0.25, 0.3) is 10.2 Å². The van der Waals surface area contributed by atoms with E-state index in [4.69, 9.17) is 32.4 Å². The minimum Gasteiger partial charge on any atom is -0.468 e. The molecule has 0 fully saturated rings. The van der Waals surface area contributed by atoms with Crippen LogP contribution in [0.5, 0.6) is 0 Å². The average molecular weight is 497 g/mol. The topological polar surface area (TPSA) is 98.5 Å². The minimum atomic E-state index is -4.04. The highest BCUT2D eigenvalue weighted by Gasteiger charge is 2.24. The summed E-state index contributed by atoms with van der Waals surface area (Å²) in [5.41, 5.74) is 0.685. The van der Waals surface area contributed by atoms with Gasteiger partial charge in [0.25, 0.3) is 0 Å². The molecule has 4 rings (SSSR count). The van der Waals surface area contributed by atoms with Gasteiger partial charge in [0.2, 0.25) is 10.0 Å². The lowest BCUT2D eigenvalue weighted by molar-refractivity contribution is 0.0472. The summed E-state index contributed by atoms with van der Waals surface area (Å²) in [5.74, 6) is -0.368. The Bertz CT molecular complexity index is 1320. The molecule has 0 saturated heterocycles. The van der Waals surface area contributed by atoms with Gasteiger partial charge in [-0.1, -0.05) is 35.3 Å². The number of rotatable bonds is 7. The zero-order valence-electron chi connectivity index (χ0n) is 15.7. The van der Waals surface area contributed by atoms with Crippen LogP contribution in [0.4, 0.5) is 0 Å². The second-order valence-electron chi connectivity index (χ2n) is 6.32. The number of carbonyl (C=O) groups is 1. The third-order valence-electron chi connectivity index (χ3n) is 4.21. The number of hydrogen-bond acceptors (Lipinski definition) is 7. The van der Waals surface area contributed by atoms with Crippen LogP contribution < -0.4 is 4.72 Å². The Hall–Kier alpha value is -2.43. The van der Waals surface area contributed by atoms with Gasteiger partial charge in [-0.2, -0.15) is 0 Å². The van der Waals surface area contributed by atoms with Gasteiger partial charge in [-0.25, -0.2) is 22.9 Å². The summed E-state index contributed by atoms with van der Waals surface area (Å²) in [6.07, 6.45) is 1.43. The fourth-order valence-corrected chi connectivity index (χ4v) is 5.46. The van der Waals surface area contributed by atoms with E-state index in [1.807, 2.05) is 24.3 Å². The summed E-state index contributed by atoms with van der Waals surface area (Å²) in [6.45, 7) is -0.151. The number of aromatic nitrogens is 1. The number of para-hydroxylation sites is 1. The number of hydrogen-bond donors (Lipinski definition) is 1. The Morgan fingerprint density at radius 3 is 2.68 bits per heavy atom. The standard InChI is InChI=1S/C20H14Cl2N2O5S2/c21-14-9-15(22)18(31(26,27)23-10-12-4-3-7-28-12)8-13(14)20(25)29-11-19-24-16-5-1-2-6-17(16)30-19/h1-9,23H,10-11H2. The van der Waals surface area contributed by atoms with Crippen LogP contribution >= 0.6 is 34.5 Å². The molecule has 0 spiro atoms. The van der Waals surface area contributed by atoms with E-state index in [0.717, 1.165) is 16.3 Å². The molecule has 0 amide bonds. The molecule has 0 aliphatic heterocycles. The molecule has 0 radical (unpaired) electrons. The van der Waals surface area contributed by atoms with Crippen molar-refractivity contribution < 1.29 is 22.4 Å². The molecule has 1 N–H and O–H groups in total. The molecule has 0 unspecified atom stereocenters. The zero-order valence-corrected chi connectivity index (χ0v) is 18.8. The summed E-state index contributed by atoms with van der Waals surface area (Å²) in [6, 6.07) is 13.1. The van der Waals surface area contributed by atoms with Crippen molar-refractivity contribution in [2.75, 3.05) is 0 Å². The number of ether oxygens (including phenoxy) is 1. The molecule has 2 heterocycles. The number of carbonyl (C=O) groups excluding carboxylic acids is 1. The summed E-state index contributed by atoms with van der Waals surface area (Å²) < 4.78 is 39.1. The van der Waals surface area contributed by atoms with Crippen molar-refractivity contribution in [1.29, 1.82) is 0 Å².